The van der Waals surface area contributed by atoms with Crippen molar-refractivity contribution < 1.29 is 22.7 Å². The molecule has 1 aliphatic heterocycles. The quantitative estimate of drug-likeness (QED) is 0.941. The monoisotopic (exact) mass is 331 g/mol. The molecule has 0 radical (unpaired) electrons. The lowest BCUT2D eigenvalue weighted by Crippen LogP contribution is -2.22. The number of ether oxygens (including phenoxy) is 1. The topological polar surface area (TPSA) is 56.2 Å². The van der Waals surface area contributed by atoms with Gasteiger partial charge in [0.25, 0.3) is 5.91 Å². The van der Waals surface area contributed by atoms with Gasteiger partial charge in [-0.25, -0.2) is 4.68 Å². The van der Waals surface area contributed by atoms with Gasteiger partial charge in [0, 0.05) is 24.4 Å². The SMILES string of the molecule is O=C(NCc1cc2n(n1)CCCO2)c1csc(C(F)(F)F)c1. The maximum atomic E-state index is 12.5. The van der Waals surface area contributed by atoms with Crippen molar-refractivity contribution in [3.05, 3.63) is 33.6 Å². The molecular weight excluding hydrogens is 319 g/mol. The molecule has 3 rings (SSSR count). The van der Waals surface area contributed by atoms with Gasteiger partial charge in [-0.3, -0.25) is 4.79 Å². The Bertz CT molecular complexity index is 670. The van der Waals surface area contributed by atoms with Crippen LogP contribution in [0, 0.1) is 0 Å². The Balaban J connectivity index is 1.62. The number of halogens is 3. The molecule has 22 heavy (non-hydrogen) atoms. The first-order valence-corrected chi connectivity index (χ1v) is 7.45. The molecule has 1 N–H and O–H groups in total. The molecule has 0 atom stereocenters. The number of carbonyl (C=O) groups excluding carboxylic acids is 1. The number of rotatable bonds is 3. The van der Waals surface area contributed by atoms with E-state index < -0.39 is 17.0 Å². The third-order valence-electron chi connectivity index (χ3n) is 3.13. The predicted molar refractivity (Wildman–Crippen MR) is 72.8 cm³/mol. The molecule has 0 aliphatic carbocycles. The first-order valence-electron chi connectivity index (χ1n) is 6.57. The van der Waals surface area contributed by atoms with Crippen molar-refractivity contribution in [3.63, 3.8) is 0 Å². The van der Waals surface area contributed by atoms with Crippen molar-refractivity contribution in [3.8, 4) is 5.88 Å². The van der Waals surface area contributed by atoms with Gasteiger partial charge in [0.15, 0.2) is 0 Å². The fourth-order valence-electron chi connectivity index (χ4n) is 2.08. The minimum absolute atomic E-state index is 0.00227. The van der Waals surface area contributed by atoms with Crippen molar-refractivity contribution in [2.24, 2.45) is 0 Å². The average Bonchev–Trinajstić information content (AvgIpc) is 3.10. The molecule has 0 saturated heterocycles. The first kappa shape index (κ1) is 14.9. The number of carbonyl (C=O) groups is 1. The molecule has 0 spiro atoms. The smallest absolute Gasteiger partial charge is 0.425 e. The second-order valence-corrected chi connectivity index (χ2v) is 5.69. The fraction of sp³-hybridized carbons (Fsp3) is 0.385. The number of hydrogen-bond donors (Lipinski definition) is 1. The summed E-state index contributed by atoms with van der Waals surface area (Å²) < 4.78 is 44.6. The number of fused-ring (bicyclic) bond motifs is 1. The molecule has 0 bridgehead atoms. The summed E-state index contributed by atoms with van der Waals surface area (Å²) in [5.74, 6) is 0.0871. The molecule has 9 heteroatoms. The fourth-order valence-corrected chi connectivity index (χ4v) is 2.84. The van der Waals surface area contributed by atoms with Crippen molar-refractivity contribution in [2.45, 2.75) is 25.7 Å². The number of thiophene rings is 1. The van der Waals surface area contributed by atoms with Crippen LogP contribution in [0.2, 0.25) is 0 Å². The standard InChI is InChI=1S/C13H12F3N3O2S/c14-13(15,16)10-4-8(7-22-10)12(20)17-6-9-5-11-19(18-9)2-1-3-21-11/h4-5,7H,1-3,6H2,(H,17,20). The number of nitrogens with zero attached hydrogens (tertiary/aromatic N) is 2. The van der Waals surface area contributed by atoms with Crippen molar-refractivity contribution in [2.75, 3.05) is 6.61 Å². The lowest BCUT2D eigenvalue weighted by Gasteiger charge is -2.13. The summed E-state index contributed by atoms with van der Waals surface area (Å²) in [7, 11) is 0. The summed E-state index contributed by atoms with van der Waals surface area (Å²) in [6, 6.07) is 2.56. The minimum Gasteiger partial charge on any atom is -0.478 e. The van der Waals surface area contributed by atoms with Gasteiger partial charge in [0.2, 0.25) is 5.88 Å². The van der Waals surface area contributed by atoms with Crippen molar-refractivity contribution in [1.82, 2.24) is 15.1 Å². The van der Waals surface area contributed by atoms with Gasteiger partial charge in [0.05, 0.1) is 24.4 Å². The van der Waals surface area contributed by atoms with Gasteiger partial charge >= 0.3 is 6.18 Å². The zero-order chi connectivity index (χ0) is 15.7. The summed E-state index contributed by atoms with van der Waals surface area (Å²) in [5, 5.41) is 8.01. The van der Waals surface area contributed by atoms with E-state index in [-0.39, 0.29) is 12.1 Å². The Hall–Kier alpha value is -2.03. The van der Waals surface area contributed by atoms with E-state index in [0.29, 0.717) is 29.5 Å². The molecule has 0 unspecified atom stereocenters. The predicted octanol–water partition coefficient (Wildman–Crippen LogP) is 2.68. The van der Waals surface area contributed by atoms with E-state index in [1.54, 1.807) is 10.7 Å². The number of aromatic nitrogens is 2. The lowest BCUT2D eigenvalue weighted by atomic mass is 10.3. The number of aryl methyl sites for hydroxylation is 1. The number of alkyl halides is 3. The molecule has 1 amide bonds. The van der Waals surface area contributed by atoms with E-state index in [1.807, 2.05) is 0 Å². The average molecular weight is 331 g/mol. The van der Waals surface area contributed by atoms with Crippen LogP contribution in [0.4, 0.5) is 13.2 Å². The zero-order valence-electron chi connectivity index (χ0n) is 11.3. The van der Waals surface area contributed by atoms with Crippen LogP contribution < -0.4 is 10.1 Å². The second kappa shape index (κ2) is 5.64. The summed E-state index contributed by atoms with van der Waals surface area (Å²) >= 11 is 0.503. The molecule has 0 saturated carbocycles. The minimum atomic E-state index is -4.43. The molecule has 0 aromatic carbocycles. The summed E-state index contributed by atoms with van der Waals surface area (Å²) in [5.41, 5.74) is 0.606. The zero-order valence-corrected chi connectivity index (χ0v) is 12.1. The van der Waals surface area contributed by atoms with Crippen LogP contribution in [-0.2, 0) is 19.3 Å². The van der Waals surface area contributed by atoms with Crippen molar-refractivity contribution in [1.29, 1.82) is 0 Å². The lowest BCUT2D eigenvalue weighted by molar-refractivity contribution is -0.134. The Labute approximate surface area is 127 Å². The highest BCUT2D eigenvalue weighted by atomic mass is 32.1. The van der Waals surface area contributed by atoms with Crippen LogP contribution in [-0.4, -0.2) is 22.3 Å². The Morgan fingerprint density at radius 1 is 1.45 bits per heavy atom. The van der Waals surface area contributed by atoms with Crippen LogP contribution in [0.1, 0.15) is 27.3 Å². The highest BCUT2D eigenvalue weighted by Crippen LogP contribution is 2.34. The first-order chi connectivity index (χ1) is 10.4. The number of hydrogen-bond acceptors (Lipinski definition) is 4. The Morgan fingerprint density at radius 2 is 2.27 bits per heavy atom. The van der Waals surface area contributed by atoms with Gasteiger partial charge in [-0.2, -0.15) is 18.3 Å². The number of amides is 1. The summed E-state index contributed by atoms with van der Waals surface area (Å²) in [4.78, 5) is 11.1. The summed E-state index contributed by atoms with van der Waals surface area (Å²) in [6.07, 6.45) is -3.56. The largest absolute Gasteiger partial charge is 0.478 e. The molecule has 1 aliphatic rings. The molecule has 118 valence electrons. The summed E-state index contributed by atoms with van der Waals surface area (Å²) in [6.45, 7) is 1.52. The molecule has 3 heterocycles. The maximum absolute atomic E-state index is 12.5. The van der Waals surface area contributed by atoms with Crippen LogP contribution in [0.3, 0.4) is 0 Å². The molecule has 2 aromatic heterocycles. The highest BCUT2D eigenvalue weighted by molar-refractivity contribution is 7.10. The van der Waals surface area contributed by atoms with E-state index in [1.165, 1.54) is 5.38 Å². The molecule has 0 fully saturated rings. The normalized spacial score (nSPS) is 14.3. The molecular formula is C13H12F3N3O2S. The second-order valence-electron chi connectivity index (χ2n) is 4.78. The Morgan fingerprint density at radius 3 is 2.95 bits per heavy atom. The van der Waals surface area contributed by atoms with Gasteiger partial charge in [-0.15, -0.1) is 11.3 Å². The van der Waals surface area contributed by atoms with E-state index in [2.05, 4.69) is 10.4 Å². The molecule has 5 nitrogen and oxygen atoms in total. The van der Waals surface area contributed by atoms with E-state index >= 15 is 0 Å². The third-order valence-corrected chi connectivity index (χ3v) is 4.10. The highest BCUT2D eigenvalue weighted by Gasteiger charge is 2.33. The van der Waals surface area contributed by atoms with Gasteiger partial charge < -0.3 is 10.1 Å². The van der Waals surface area contributed by atoms with Crippen LogP contribution in [0.5, 0.6) is 5.88 Å². The van der Waals surface area contributed by atoms with Crippen LogP contribution in [0.15, 0.2) is 17.5 Å². The van der Waals surface area contributed by atoms with Gasteiger partial charge in [-0.05, 0) is 6.07 Å². The van der Waals surface area contributed by atoms with Crippen LogP contribution >= 0.6 is 11.3 Å². The Kier molecular flexibility index (Phi) is 3.81. The maximum Gasteiger partial charge on any atom is 0.425 e. The third kappa shape index (κ3) is 3.08. The van der Waals surface area contributed by atoms with E-state index in [0.717, 1.165) is 19.0 Å². The van der Waals surface area contributed by atoms with E-state index in [9.17, 15) is 18.0 Å². The molecule has 2 aromatic rings. The van der Waals surface area contributed by atoms with Gasteiger partial charge in [0.1, 0.15) is 4.88 Å². The van der Waals surface area contributed by atoms with E-state index in [4.69, 9.17) is 4.74 Å². The van der Waals surface area contributed by atoms with Crippen LogP contribution in [0.25, 0.3) is 0 Å². The van der Waals surface area contributed by atoms with Gasteiger partial charge in [-0.1, -0.05) is 0 Å². The number of nitrogens with one attached hydrogen (secondary N) is 1. The van der Waals surface area contributed by atoms with Crippen molar-refractivity contribution >= 4 is 17.2 Å².